The molecule has 0 aromatic heterocycles. The summed E-state index contributed by atoms with van der Waals surface area (Å²) in [6.07, 6.45) is 19.6. The van der Waals surface area contributed by atoms with Crippen molar-refractivity contribution in [2.24, 2.45) is 0 Å². The molecule has 0 saturated carbocycles. The van der Waals surface area contributed by atoms with Crippen LogP contribution in [0.5, 0.6) is 5.75 Å². The van der Waals surface area contributed by atoms with Crippen LogP contribution in [0.3, 0.4) is 0 Å². The van der Waals surface area contributed by atoms with Crippen LogP contribution in [0.25, 0.3) is 0 Å². The Bertz CT molecular complexity index is 530. The van der Waals surface area contributed by atoms with Gasteiger partial charge >= 0.3 is 0 Å². The third-order valence-electron chi connectivity index (χ3n) is 5.84. The van der Waals surface area contributed by atoms with Crippen LogP contribution in [0.15, 0.2) is 24.3 Å². The third kappa shape index (κ3) is 13.6. The maximum absolute atomic E-state index is 12.2. The summed E-state index contributed by atoms with van der Waals surface area (Å²) >= 11 is 0. The zero-order chi connectivity index (χ0) is 21.9. The van der Waals surface area contributed by atoms with Gasteiger partial charge in [-0.05, 0) is 24.1 Å². The van der Waals surface area contributed by atoms with Gasteiger partial charge in [0, 0.05) is 13.0 Å². The lowest BCUT2D eigenvalue weighted by Gasteiger charge is -2.10. The average molecular weight is 420 g/mol. The fraction of sp³-hybridized carbons (Fsp3) is 0.731. The van der Waals surface area contributed by atoms with Crippen molar-refractivity contribution in [2.75, 3.05) is 13.7 Å². The molecule has 1 amide bonds. The van der Waals surface area contributed by atoms with Crippen LogP contribution in [-0.2, 0) is 11.2 Å². The lowest BCUT2D eigenvalue weighted by molar-refractivity contribution is -0.403. The number of benzene rings is 1. The first kappa shape index (κ1) is 26.5. The van der Waals surface area contributed by atoms with Crippen molar-refractivity contribution in [3.05, 3.63) is 29.8 Å². The summed E-state index contributed by atoms with van der Waals surface area (Å²) in [7, 11) is 1.66. The van der Waals surface area contributed by atoms with E-state index in [0.29, 0.717) is 6.42 Å². The van der Waals surface area contributed by atoms with Crippen molar-refractivity contribution in [1.82, 2.24) is 5.32 Å². The second kappa shape index (κ2) is 18.2. The van der Waals surface area contributed by atoms with E-state index in [2.05, 4.69) is 18.0 Å². The highest BCUT2D eigenvalue weighted by atomic mass is 16.5. The van der Waals surface area contributed by atoms with Crippen LogP contribution in [0.2, 0.25) is 0 Å². The Hall–Kier alpha value is -1.55. The van der Waals surface area contributed by atoms with Gasteiger partial charge in [0.05, 0.1) is 7.11 Å². The fourth-order valence-electron chi connectivity index (χ4n) is 3.81. The van der Waals surface area contributed by atoms with Gasteiger partial charge in [-0.3, -0.25) is 4.79 Å². The molecule has 1 atom stereocenters. The number of hydrogen-bond donors (Lipinski definition) is 2. The highest BCUT2D eigenvalue weighted by Crippen LogP contribution is 2.13. The summed E-state index contributed by atoms with van der Waals surface area (Å²) in [6, 6.07) is 7.60. The fourth-order valence-corrected chi connectivity index (χ4v) is 3.81. The highest BCUT2D eigenvalue weighted by Gasteiger charge is 2.17. The quantitative estimate of drug-likeness (QED) is 0.293. The standard InChI is InChI=1S/C26H46N2O2/c1-3-4-5-6-7-8-9-10-11-12-13-14-15-16-21-28-26(29)25(27)22-23-17-19-24(30-2)20-18-23/h17-20,25H,3-16,21-22,27H2,1-2H3,(H,28,29)/p+1/t25-/m0/s1. The van der Waals surface area contributed by atoms with E-state index in [4.69, 9.17) is 4.74 Å². The molecule has 0 aliphatic heterocycles. The number of amides is 1. The van der Waals surface area contributed by atoms with Crippen molar-refractivity contribution >= 4 is 5.91 Å². The van der Waals surface area contributed by atoms with E-state index in [-0.39, 0.29) is 11.9 Å². The number of rotatable bonds is 19. The summed E-state index contributed by atoms with van der Waals surface area (Å²) in [4.78, 5) is 12.2. The number of ether oxygens (including phenoxy) is 1. The molecular formula is C26H47N2O2+. The van der Waals surface area contributed by atoms with Gasteiger partial charge in [-0.25, -0.2) is 0 Å². The van der Waals surface area contributed by atoms with E-state index in [1.807, 2.05) is 24.3 Å². The minimum Gasteiger partial charge on any atom is -0.497 e. The monoisotopic (exact) mass is 419 g/mol. The van der Waals surface area contributed by atoms with Gasteiger partial charge < -0.3 is 15.8 Å². The minimum absolute atomic E-state index is 0.0560. The lowest BCUT2D eigenvalue weighted by Crippen LogP contribution is -2.68. The van der Waals surface area contributed by atoms with Crippen molar-refractivity contribution in [3.8, 4) is 5.75 Å². The SMILES string of the molecule is CCCCCCCCCCCCCCCCNC(=O)[C@@H]([NH3+])Cc1ccc(OC)cc1. The summed E-state index contributed by atoms with van der Waals surface area (Å²) in [6.45, 7) is 3.05. The number of carbonyl (C=O) groups is 1. The Morgan fingerprint density at radius 3 is 1.77 bits per heavy atom. The summed E-state index contributed by atoms with van der Waals surface area (Å²) < 4.78 is 5.16. The molecule has 0 heterocycles. The van der Waals surface area contributed by atoms with Gasteiger partial charge in [0.25, 0.3) is 5.91 Å². The second-order valence-corrected chi connectivity index (χ2v) is 8.64. The minimum atomic E-state index is -0.245. The molecule has 0 aliphatic rings. The maximum Gasteiger partial charge on any atom is 0.278 e. The number of methoxy groups -OCH3 is 1. The molecule has 0 unspecified atom stereocenters. The molecule has 1 aromatic carbocycles. The van der Waals surface area contributed by atoms with E-state index in [0.717, 1.165) is 24.3 Å². The number of nitrogens with one attached hydrogen (secondary N) is 1. The van der Waals surface area contributed by atoms with Crippen LogP contribution in [0.4, 0.5) is 0 Å². The molecule has 0 bridgehead atoms. The molecule has 4 N–H and O–H groups in total. The number of carbonyl (C=O) groups excluding carboxylic acids is 1. The number of quaternary nitrogens is 1. The van der Waals surface area contributed by atoms with Gasteiger partial charge in [-0.2, -0.15) is 0 Å². The summed E-state index contributed by atoms with van der Waals surface area (Å²) in [5.41, 5.74) is 5.13. The summed E-state index contributed by atoms with van der Waals surface area (Å²) in [5.74, 6) is 0.891. The van der Waals surface area contributed by atoms with Crippen LogP contribution >= 0.6 is 0 Å². The van der Waals surface area contributed by atoms with Gasteiger partial charge in [0.2, 0.25) is 0 Å². The molecule has 0 spiro atoms. The van der Waals surface area contributed by atoms with Crippen LogP contribution in [0.1, 0.15) is 102 Å². The zero-order valence-electron chi connectivity index (χ0n) is 19.7. The first-order chi connectivity index (χ1) is 14.7. The van der Waals surface area contributed by atoms with Gasteiger partial charge in [0.15, 0.2) is 6.04 Å². The third-order valence-corrected chi connectivity index (χ3v) is 5.84. The van der Waals surface area contributed by atoms with Crippen molar-refractivity contribution in [2.45, 2.75) is 109 Å². The maximum atomic E-state index is 12.2. The van der Waals surface area contributed by atoms with E-state index in [1.165, 1.54) is 83.5 Å². The predicted molar refractivity (Wildman–Crippen MR) is 127 cm³/mol. The molecule has 0 radical (unpaired) electrons. The van der Waals surface area contributed by atoms with Gasteiger partial charge in [0.1, 0.15) is 5.75 Å². The van der Waals surface area contributed by atoms with E-state index in [9.17, 15) is 4.79 Å². The molecular weight excluding hydrogens is 372 g/mol. The first-order valence-corrected chi connectivity index (χ1v) is 12.4. The van der Waals surface area contributed by atoms with E-state index in [1.54, 1.807) is 7.11 Å². The number of hydrogen-bond acceptors (Lipinski definition) is 2. The molecule has 4 heteroatoms. The topological polar surface area (TPSA) is 66.0 Å². The largest absolute Gasteiger partial charge is 0.497 e. The first-order valence-electron chi connectivity index (χ1n) is 12.4. The molecule has 0 aliphatic carbocycles. The molecule has 30 heavy (non-hydrogen) atoms. The van der Waals surface area contributed by atoms with Crippen LogP contribution < -0.4 is 15.8 Å². The van der Waals surface area contributed by atoms with Crippen molar-refractivity contribution in [3.63, 3.8) is 0 Å². The summed E-state index contributed by atoms with van der Waals surface area (Å²) in [5, 5.41) is 3.04. The normalized spacial score (nSPS) is 12.0. The molecule has 1 aromatic rings. The van der Waals surface area contributed by atoms with Crippen LogP contribution in [-0.4, -0.2) is 25.6 Å². The van der Waals surface area contributed by atoms with Crippen LogP contribution in [0, 0.1) is 0 Å². The Kier molecular flexibility index (Phi) is 16.1. The smallest absolute Gasteiger partial charge is 0.278 e. The Morgan fingerprint density at radius 1 is 0.833 bits per heavy atom. The van der Waals surface area contributed by atoms with Crippen molar-refractivity contribution < 1.29 is 15.3 Å². The molecule has 1 rings (SSSR count). The molecule has 0 saturated heterocycles. The molecule has 4 nitrogen and oxygen atoms in total. The van der Waals surface area contributed by atoms with Gasteiger partial charge in [-0.15, -0.1) is 0 Å². The van der Waals surface area contributed by atoms with E-state index >= 15 is 0 Å². The Labute approximate surface area is 185 Å². The average Bonchev–Trinajstić information content (AvgIpc) is 2.76. The zero-order valence-corrected chi connectivity index (χ0v) is 19.7. The number of unbranched alkanes of at least 4 members (excludes halogenated alkanes) is 13. The Morgan fingerprint density at radius 2 is 1.30 bits per heavy atom. The lowest BCUT2D eigenvalue weighted by atomic mass is 10.0. The van der Waals surface area contributed by atoms with Gasteiger partial charge in [-0.1, -0.05) is 103 Å². The van der Waals surface area contributed by atoms with E-state index < -0.39 is 0 Å². The Balaban J connectivity index is 1.90. The predicted octanol–water partition coefficient (Wildman–Crippen LogP) is 5.45. The molecule has 172 valence electrons. The highest BCUT2D eigenvalue weighted by molar-refractivity contribution is 5.80. The molecule has 0 fully saturated rings. The van der Waals surface area contributed by atoms with Crippen molar-refractivity contribution in [1.29, 1.82) is 0 Å². The second-order valence-electron chi connectivity index (χ2n) is 8.64.